The van der Waals surface area contributed by atoms with Crippen LogP contribution in [0.15, 0.2) is 41.4 Å². The minimum absolute atomic E-state index is 0.0462. The summed E-state index contributed by atoms with van der Waals surface area (Å²) in [5.41, 5.74) is 1.19. The second kappa shape index (κ2) is 8.68. The number of alkyl halides is 3. The molecule has 0 bridgehead atoms. The van der Waals surface area contributed by atoms with Crippen LogP contribution in [0.2, 0.25) is 0 Å². The minimum Gasteiger partial charge on any atom is -0.496 e. The number of carboxylic acid groups (broad SMARTS) is 1. The van der Waals surface area contributed by atoms with Crippen molar-refractivity contribution in [2.45, 2.75) is 11.1 Å². The van der Waals surface area contributed by atoms with Crippen molar-refractivity contribution < 1.29 is 41.0 Å². The van der Waals surface area contributed by atoms with E-state index in [2.05, 4.69) is 4.98 Å². The number of carboxylic acids is 1. The minimum atomic E-state index is -5.08. The lowest BCUT2D eigenvalue weighted by Crippen LogP contribution is -2.21. The van der Waals surface area contributed by atoms with Gasteiger partial charge in [0.15, 0.2) is 0 Å². The van der Waals surface area contributed by atoms with Gasteiger partial charge in [0.1, 0.15) is 16.4 Å². The fourth-order valence-electron chi connectivity index (χ4n) is 1.80. The van der Waals surface area contributed by atoms with Crippen molar-refractivity contribution in [1.82, 2.24) is 4.98 Å². The van der Waals surface area contributed by atoms with Crippen LogP contribution in [0.3, 0.4) is 0 Å². The van der Waals surface area contributed by atoms with E-state index in [0.29, 0.717) is 22.8 Å². The summed E-state index contributed by atoms with van der Waals surface area (Å²) in [6, 6.07) is 8.28. The van der Waals surface area contributed by atoms with Crippen molar-refractivity contribution in [2.24, 2.45) is 5.14 Å². The van der Waals surface area contributed by atoms with Gasteiger partial charge in [-0.15, -0.1) is 0 Å². The number of aromatic nitrogens is 1. The molecule has 0 saturated heterocycles. The highest BCUT2D eigenvalue weighted by molar-refractivity contribution is 7.89. The molecule has 27 heavy (non-hydrogen) atoms. The topological polar surface area (TPSA) is 129 Å². The molecule has 12 heteroatoms. The zero-order valence-electron chi connectivity index (χ0n) is 14.0. The quantitative estimate of drug-likeness (QED) is 0.792. The molecule has 0 aliphatic carbocycles. The van der Waals surface area contributed by atoms with Gasteiger partial charge in [0.2, 0.25) is 10.0 Å². The molecule has 2 rings (SSSR count). The maximum Gasteiger partial charge on any atom is 0.490 e. The first kappa shape index (κ1) is 22.2. The van der Waals surface area contributed by atoms with Gasteiger partial charge in [-0.2, -0.15) is 13.2 Å². The number of nitrogens with two attached hydrogens (primary N) is 1. The number of hydrogen-bond acceptors (Lipinski definition) is 6. The summed E-state index contributed by atoms with van der Waals surface area (Å²) >= 11 is 0. The molecule has 1 heterocycles. The monoisotopic (exact) mass is 408 g/mol. The normalized spacial score (nSPS) is 11.2. The maximum atomic E-state index is 11.2. The third-order valence-electron chi connectivity index (χ3n) is 2.99. The molecule has 8 nitrogen and oxygen atoms in total. The zero-order chi connectivity index (χ0) is 20.8. The summed E-state index contributed by atoms with van der Waals surface area (Å²) in [5.74, 6) is -1.59. The van der Waals surface area contributed by atoms with E-state index in [4.69, 9.17) is 24.5 Å². The summed E-state index contributed by atoms with van der Waals surface area (Å²) in [4.78, 5) is 13.0. The van der Waals surface area contributed by atoms with Crippen molar-refractivity contribution in [1.29, 1.82) is 0 Å². The van der Waals surface area contributed by atoms with Crippen molar-refractivity contribution in [3.05, 3.63) is 36.5 Å². The SMILES string of the molecule is COc1cccc(OC)c1-c1ccc(S(N)(=O)=O)cn1.O=C(O)C(F)(F)F. The first-order valence-electron chi connectivity index (χ1n) is 6.92. The molecule has 3 N–H and O–H groups in total. The molecule has 2 aromatic rings. The Labute approximate surface area is 152 Å². The number of rotatable bonds is 4. The molecule has 1 aromatic heterocycles. The molecular formula is C15H15F3N2O6S. The first-order chi connectivity index (χ1) is 12.4. The number of methoxy groups -OCH3 is 2. The lowest BCUT2D eigenvalue weighted by Gasteiger charge is -2.12. The highest BCUT2D eigenvalue weighted by atomic mass is 32.2. The Balaban J connectivity index is 0.000000445. The van der Waals surface area contributed by atoms with Crippen LogP contribution < -0.4 is 14.6 Å². The molecule has 0 spiro atoms. The van der Waals surface area contributed by atoms with E-state index < -0.39 is 22.2 Å². The Hall–Kier alpha value is -2.86. The lowest BCUT2D eigenvalue weighted by atomic mass is 10.1. The van der Waals surface area contributed by atoms with Crippen molar-refractivity contribution in [2.75, 3.05) is 14.2 Å². The van der Waals surface area contributed by atoms with Crippen molar-refractivity contribution in [3.8, 4) is 22.8 Å². The van der Waals surface area contributed by atoms with E-state index in [-0.39, 0.29) is 4.90 Å². The summed E-state index contributed by atoms with van der Waals surface area (Å²) in [5, 5.41) is 12.2. The Morgan fingerprint density at radius 3 is 1.89 bits per heavy atom. The van der Waals surface area contributed by atoms with Crippen LogP contribution >= 0.6 is 0 Å². The number of benzene rings is 1. The van der Waals surface area contributed by atoms with E-state index in [1.807, 2.05) is 0 Å². The van der Waals surface area contributed by atoms with E-state index in [9.17, 15) is 21.6 Å². The van der Waals surface area contributed by atoms with Crippen molar-refractivity contribution in [3.63, 3.8) is 0 Å². The molecule has 1 aromatic carbocycles. The van der Waals surface area contributed by atoms with Gasteiger partial charge in [0, 0.05) is 6.20 Å². The van der Waals surface area contributed by atoms with Crippen LogP contribution in [0.1, 0.15) is 0 Å². The van der Waals surface area contributed by atoms with E-state index in [1.54, 1.807) is 24.3 Å². The second-order valence-electron chi connectivity index (χ2n) is 4.76. The second-order valence-corrected chi connectivity index (χ2v) is 6.33. The molecule has 0 aliphatic rings. The number of primary sulfonamides is 1. The predicted octanol–water partition coefficient (Wildman–Crippen LogP) is 2.05. The summed E-state index contributed by atoms with van der Waals surface area (Å²) in [7, 11) is -0.681. The fraction of sp³-hybridized carbons (Fsp3) is 0.200. The van der Waals surface area contributed by atoms with Crippen LogP contribution in [0.5, 0.6) is 11.5 Å². The number of hydrogen-bond donors (Lipinski definition) is 2. The Morgan fingerprint density at radius 1 is 1.11 bits per heavy atom. The van der Waals surface area contributed by atoms with Crippen LogP contribution in [-0.2, 0) is 14.8 Å². The van der Waals surface area contributed by atoms with Crippen LogP contribution in [0, 0.1) is 0 Å². The average Bonchev–Trinajstić information content (AvgIpc) is 2.60. The number of nitrogens with zero attached hydrogens (tertiary/aromatic N) is 1. The summed E-state index contributed by atoms with van der Waals surface area (Å²) < 4.78 is 64.7. The smallest absolute Gasteiger partial charge is 0.490 e. The van der Waals surface area contributed by atoms with Gasteiger partial charge in [-0.25, -0.2) is 18.4 Å². The molecule has 148 valence electrons. The van der Waals surface area contributed by atoms with E-state index in [1.165, 1.54) is 26.5 Å². The van der Waals surface area contributed by atoms with Crippen LogP contribution in [0.4, 0.5) is 13.2 Å². The third-order valence-corrected chi connectivity index (χ3v) is 3.89. The highest BCUT2D eigenvalue weighted by Crippen LogP contribution is 2.37. The molecular weight excluding hydrogens is 393 g/mol. The van der Waals surface area contributed by atoms with Gasteiger partial charge in [0.05, 0.1) is 25.5 Å². The Morgan fingerprint density at radius 2 is 1.59 bits per heavy atom. The van der Waals surface area contributed by atoms with E-state index in [0.717, 1.165) is 0 Å². The van der Waals surface area contributed by atoms with Gasteiger partial charge < -0.3 is 14.6 Å². The van der Waals surface area contributed by atoms with Gasteiger partial charge in [-0.1, -0.05) is 6.07 Å². The molecule has 0 amide bonds. The number of ether oxygens (including phenoxy) is 2. The fourth-order valence-corrected chi connectivity index (χ4v) is 2.26. The van der Waals surface area contributed by atoms with Gasteiger partial charge in [0.25, 0.3) is 0 Å². The molecule has 0 fully saturated rings. The van der Waals surface area contributed by atoms with E-state index >= 15 is 0 Å². The number of carbonyl (C=O) groups is 1. The number of halogens is 3. The third kappa shape index (κ3) is 6.11. The Bertz CT molecular complexity index is 877. The van der Waals surface area contributed by atoms with Gasteiger partial charge in [-0.05, 0) is 24.3 Å². The first-order valence-corrected chi connectivity index (χ1v) is 8.46. The molecule has 0 saturated carbocycles. The summed E-state index contributed by atoms with van der Waals surface area (Å²) in [6.45, 7) is 0. The Kier molecular flexibility index (Phi) is 7.13. The number of pyridine rings is 1. The molecule has 0 unspecified atom stereocenters. The average molecular weight is 408 g/mol. The zero-order valence-corrected chi connectivity index (χ0v) is 14.8. The highest BCUT2D eigenvalue weighted by Gasteiger charge is 2.38. The van der Waals surface area contributed by atoms with Crippen LogP contribution in [-0.4, -0.2) is 44.9 Å². The van der Waals surface area contributed by atoms with Crippen molar-refractivity contribution >= 4 is 16.0 Å². The molecule has 0 aliphatic heterocycles. The predicted molar refractivity (Wildman–Crippen MR) is 87.8 cm³/mol. The largest absolute Gasteiger partial charge is 0.496 e. The standard InChI is InChI=1S/C13H14N2O4S.C2HF3O2/c1-18-11-4-3-5-12(19-2)13(11)10-7-6-9(8-15-10)20(14,16)17;3-2(4,5)1(6)7/h3-8H,1-2H3,(H2,14,16,17);(H,6,7). The van der Waals surface area contributed by atoms with Gasteiger partial charge >= 0.3 is 12.1 Å². The molecule has 0 atom stereocenters. The van der Waals surface area contributed by atoms with Gasteiger partial charge in [-0.3, -0.25) is 4.98 Å². The molecule has 0 radical (unpaired) electrons. The summed E-state index contributed by atoms with van der Waals surface area (Å²) in [6.07, 6.45) is -3.88. The van der Waals surface area contributed by atoms with Crippen LogP contribution in [0.25, 0.3) is 11.3 Å². The number of aliphatic carboxylic acids is 1. The maximum absolute atomic E-state index is 11.2. The lowest BCUT2D eigenvalue weighted by molar-refractivity contribution is -0.192. The number of sulfonamides is 1.